The molecule has 0 bridgehead atoms. The lowest BCUT2D eigenvalue weighted by Crippen LogP contribution is -2.41. The van der Waals surface area contributed by atoms with Crippen LogP contribution in [0.25, 0.3) is 0 Å². The SMILES string of the molecule is CC(C)[C@@H](CNC(=O)CSCC(=O)N1CCOCC1)c1ccccc1. The third kappa shape index (κ3) is 6.71. The fourth-order valence-corrected chi connectivity index (χ4v) is 3.60. The van der Waals surface area contributed by atoms with E-state index in [-0.39, 0.29) is 11.8 Å². The van der Waals surface area contributed by atoms with Crippen molar-refractivity contribution < 1.29 is 14.3 Å². The fourth-order valence-electron chi connectivity index (χ4n) is 2.85. The third-order valence-corrected chi connectivity index (χ3v) is 5.29. The van der Waals surface area contributed by atoms with E-state index in [4.69, 9.17) is 4.74 Å². The van der Waals surface area contributed by atoms with Gasteiger partial charge in [-0.15, -0.1) is 11.8 Å². The molecule has 1 aromatic rings. The monoisotopic (exact) mass is 364 g/mol. The molecule has 5 nitrogen and oxygen atoms in total. The molecule has 1 aliphatic heterocycles. The van der Waals surface area contributed by atoms with Crippen LogP contribution in [0.4, 0.5) is 0 Å². The first-order chi connectivity index (χ1) is 12.1. The Morgan fingerprint density at radius 1 is 1.16 bits per heavy atom. The second kappa shape index (κ2) is 10.5. The third-order valence-electron chi connectivity index (χ3n) is 4.37. The van der Waals surface area contributed by atoms with Gasteiger partial charge in [0.25, 0.3) is 0 Å². The van der Waals surface area contributed by atoms with Gasteiger partial charge in [0.05, 0.1) is 24.7 Å². The maximum absolute atomic E-state index is 12.1. The summed E-state index contributed by atoms with van der Waals surface area (Å²) in [4.78, 5) is 25.9. The van der Waals surface area contributed by atoms with Gasteiger partial charge in [0.2, 0.25) is 11.8 Å². The molecule has 138 valence electrons. The first-order valence-corrected chi connectivity index (χ1v) is 9.98. The van der Waals surface area contributed by atoms with Crippen molar-refractivity contribution >= 4 is 23.6 Å². The molecule has 1 aromatic carbocycles. The van der Waals surface area contributed by atoms with Crippen LogP contribution in [0, 0.1) is 5.92 Å². The van der Waals surface area contributed by atoms with Crippen LogP contribution in [0.5, 0.6) is 0 Å². The molecule has 0 aromatic heterocycles. The molecule has 1 aliphatic rings. The molecule has 2 amide bonds. The van der Waals surface area contributed by atoms with Gasteiger partial charge in [-0.3, -0.25) is 9.59 Å². The van der Waals surface area contributed by atoms with E-state index in [0.29, 0.717) is 56.2 Å². The minimum Gasteiger partial charge on any atom is -0.378 e. The van der Waals surface area contributed by atoms with Gasteiger partial charge in [-0.05, 0) is 11.5 Å². The van der Waals surface area contributed by atoms with Gasteiger partial charge in [0.1, 0.15) is 0 Å². The summed E-state index contributed by atoms with van der Waals surface area (Å²) >= 11 is 1.37. The highest BCUT2D eigenvalue weighted by molar-refractivity contribution is 8.00. The number of hydrogen-bond donors (Lipinski definition) is 1. The molecule has 1 atom stereocenters. The van der Waals surface area contributed by atoms with Crippen molar-refractivity contribution in [2.45, 2.75) is 19.8 Å². The largest absolute Gasteiger partial charge is 0.378 e. The van der Waals surface area contributed by atoms with E-state index in [1.54, 1.807) is 4.90 Å². The Morgan fingerprint density at radius 2 is 1.84 bits per heavy atom. The summed E-state index contributed by atoms with van der Waals surface area (Å²) in [6, 6.07) is 10.3. The van der Waals surface area contributed by atoms with Crippen LogP contribution in [0.1, 0.15) is 25.3 Å². The molecule has 1 saturated heterocycles. The fraction of sp³-hybridized carbons (Fsp3) is 0.579. The van der Waals surface area contributed by atoms with Gasteiger partial charge < -0.3 is 15.0 Å². The van der Waals surface area contributed by atoms with Crippen molar-refractivity contribution in [1.29, 1.82) is 0 Å². The summed E-state index contributed by atoms with van der Waals surface area (Å²) in [7, 11) is 0. The predicted octanol–water partition coefficient (Wildman–Crippen LogP) is 2.13. The molecule has 0 saturated carbocycles. The van der Waals surface area contributed by atoms with E-state index in [1.807, 2.05) is 18.2 Å². The predicted molar refractivity (Wildman–Crippen MR) is 102 cm³/mol. The molecule has 0 unspecified atom stereocenters. The van der Waals surface area contributed by atoms with Gasteiger partial charge >= 0.3 is 0 Å². The highest BCUT2D eigenvalue weighted by atomic mass is 32.2. The summed E-state index contributed by atoms with van der Waals surface area (Å²) in [6.07, 6.45) is 0. The summed E-state index contributed by atoms with van der Waals surface area (Å²) in [5.74, 6) is 1.48. The summed E-state index contributed by atoms with van der Waals surface area (Å²) < 4.78 is 5.24. The number of ether oxygens (including phenoxy) is 1. The minimum atomic E-state index is -0.0126. The maximum atomic E-state index is 12.1. The molecule has 1 fully saturated rings. The number of morpholine rings is 1. The Bertz CT molecular complexity index is 545. The van der Waals surface area contributed by atoms with Crippen LogP contribution < -0.4 is 5.32 Å². The lowest BCUT2D eigenvalue weighted by Gasteiger charge is -2.26. The van der Waals surface area contributed by atoms with E-state index in [9.17, 15) is 9.59 Å². The molecular weight excluding hydrogens is 336 g/mol. The van der Waals surface area contributed by atoms with Crippen molar-refractivity contribution in [2.24, 2.45) is 5.92 Å². The quantitative estimate of drug-likeness (QED) is 0.768. The molecule has 0 aliphatic carbocycles. The normalized spacial score (nSPS) is 15.9. The highest BCUT2D eigenvalue weighted by Crippen LogP contribution is 2.23. The number of carbonyl (C=O) groups is 2. The smallest absolute Gasteiger partial charge is 0.232 e. The van der Waals surface area contributed by atoms with Gasteiger partial charge in [-0.1, -0.05) is 44.2 Å². The van der Waals surface area contributed by atoms with Crippen molar-refractivity contribution in [3.05, 3.63) is 35.9 Å². The maximum Gasteiger partial charge on any atom is 0.232 e. The standard InChI is InChI=1S/C19H28N2O3S/c1-15(2)17(16-6-4-3-5-7-16)12-20-18(22)13-25-14-19(23)21-8-10-24-11-9-21/h3-7,15,17H,8-14H2,1-2H3,(H,20,22)/t17-/m1/s1. The van der Waals surface area contributed by atoms with Crippen LogP contribution in [0.2, 0.25) is 0 Å². The van der Waals surface area contributed by atoms with Crippen LogP contribution in [-0.4, -0.2) is 61.1 Å². The molecular formula is C19H28N2O3S. The molecule has 2 rings (SSSR count). The molecule has 1 heterocycles. The van der Waals surface area contributed by atoms with E-state index in [2.05, 4.69) is 31.3 Å². The second-order valence-corrected chi connectivity index (χ2v) is 7.54. The van der Waals surface area contributed by atoms with Crippen LogP contribution >= 0.6 is 11.8 Å². The zero-order valence-electron chi connectivity index (χ0n) is 15.1. The second-order valence-electron chi connectivity index (χ2n) is 6.55. The Labute approximate surface area is 154 Å². The number of nitrogens with one attached hydrogen (secondary N) is 1. The van der Waals surface area contributed by atoms with Crippen molar-refractivity contribution in [3.63, 3.8) is 0 Å². The van der Waals surface area contributed by atoms with E-state index >= 15 is 0 Å². The number of rotatable bonds is 8. The van der Waals surface area contributed by atoms with Crippen LogP contribution in [0.3, 0.4) is 0 Å². The van der Waals surface area contributed by atoms with E-state index in [1.165, 1.54) is 17.3 Å². The Kier molecular flexibility index (Phi) is 8.28. The molecule has 25 heavy (non-hydrogen) atoms. The number of nitrogens with zero attached hydrogens (tertiary/aromatic N) is 1. The zero-order valence-corrected chi connectivity index (χ0v) is 15.9. The number of hydrogen-bond acceptors (Lipinski definition) is 4. The van der Waals surface area contributed by atoms with Crippen molar-refractivity contribution in [2.75, 3.05) is 44.4 Å². The minimum absolute atomic E-state index is 0.0126. The topological polar surface area (TPSA) is 58.6 Å². The van der Waals surface area contributed by atoms with Gasteiger partial charge in [0, 0.05) is 25.6 Å². The van der Waals surface area contributed by atoms with Crippen LogP contribution in [-0.2, 0) is 14.3 Å². The van der Waals surface area contributed by atoms with Gasteiger partial charge in [-0.2, -0.15) is 0 Å². The first kappa shape index (κ1) is 19.8. The number of benzene rings is 1. The number of thioether (sulfide) groups is 1. The average molecular weight is 365 g/mol. The number of amides is 2. The zero-order chi connectivity index (χ0) is 18.1. The van der Waals surface area contributed by atoms with Crippen molar-refractivity contribution in [3.8, 4) is 0 Å². The van der Waals surface area contributed by atoms with E-state index < -0.39 is 0 Å². The lowest BCUT2D eigenvalue weighted by molar-refractivity contribution is -0.132. The highest BCUT2D eigenvalue weighted by Gasteiger charge is 2.18. The summed E-state index contributed by atoms with van der Waals surface area (Å²) in [5.41, 5.74) is 1.24. The first-order valence-electron chi connectivity index (χ1n) is 8.83. The Morgan fingerprint density at radius 3 is 2.48 bits per heavy atom. The summed E-state index contributed by atoms with van der Waals surface area (Å²) in [6.45, 7) is 7.47. The summed E-state index contributed by atoms with van der Waals surface area (Å²) in [5, 5.41) is 3.01. The molecule has 0 spiro atoms. The number of carbonyl (C=O) groups excluding carboxylic acids is 2. The Hall–Kier alpha value is -1.53. The molecule has 6 heteroatoms. The van der Waals surface area contributed by atoms with Crippen LogP contribution in [0.15, 0.2) is 30.3 Å². The molecule has 1 N–H and O–H groups in total. The van der Waals surface area contributed by atoms with Gasteiger partial charge in [0.15, 0.2) is 0 Å². The van der Waals surface area contributed by atoms with E-state index in [0.717, 1.165) is 0 Å². The Balaban J connectivity index is 1.69. The van der Waals surface area contributed by atoms with Crippen molar-refractivity contribution in [1.82, 2.24) is 10.2 Å². The molecule has 0 radical (unpaired) electrons. The average Bonchev–Trinajstić information content (AvgIpc) is 2.63. The van der Waals surface area contributed by atoms with Gasteiger partial charge in [-0.25, -0.2) is 0 Å². The lowest BCUT2D eigenvalue weighted by atomic mass is 9.88.